The van der Waals surface area contributed by atoms with Crippen molar-refractivity contribution in [2.45, 2.75) is 19.3 Å². The highest BCUT2D eigenvalue weighted by atomic mass is 127. The van der Waals surface area contributed by atoms with E-state index >= 15 is 0 Å². The van der Waals surface area contributed by atoms with Crippen molar-refractivity contribution < 1.29 is 28.6 Å². The summed E-state index contributed by atoms with van der Waals surface area (Å²) in [6.45, 7) is 4.59. The normalized spacial score (nSPS) is 15.4. The third-order valence-corrected chi connectivity index (χ3v) is 4.78. The smallest absolute Gasteiger partial charge is 0.209 e. The summed E-state index contributed by atoms with van der Waals surface area (Å²) in [5, 5.41) is 0. The lowest BCUT2D eigenvalue weighted by Gasteiger charge is -2.15. The van der Waals surface area contributed by atoms with Crippen LogP contribution < -0.4 is 28.9 Å². The van der Waals surface area contributed by atoms with E-state index in [4.69, 9.17) is 0 Å². The summed E-state index contributed by atoms with van der Waals surface area (Å²) in [5.41, 5.74) is 6.51. The number of anilines is 1. The van der Waals surface area contributed by atoms with Crippen LogP contribution in [0, 0.1) is 0 Å². The van der Waals surface area contributed by atoms with Gasteiger partial charge in [-0.2, -0.15) is 4.58 Å². The number of halogens is 1. The van der Waals surface area contributed by atoms with Gasteiger partial charge in [0.25, 0.3) is 0 Å². The molecule has 1 aliphatic heterocycles. The standard InChI is InChI=1S/C21H25N2.HI/c1-21(2)18-8-6-7-9-19(18)23(5)20(21)15-12-16-10-13-17(14-11-16)22(3)4;/h6-15H,1-5H3;1H/q+1;/p-1. The number of allylic oxidation sites excluding steroid dienone is 1. The van der Waals surface area contributed by atoms with E-state index in [0.29, 0.717) is 0 Å². The van der Waals surface area contributed by atoms with Gasteiger partial charge in [-0.1, -0.05) is 30.3 Å². The van der Waals surface area contributed by atoms with Gasteiger partial charge in [0.15, 0.2) is 5.71 Å². The van der Waals surface area contributed by atoms with E-state index in [1.807, 2.05) is 0 Å². The van der Waals surface area contributed by atoms with Crippen LogP contribution in [0.4, 0.5) is 11.4 Å². The molecule has 0 saturated heterocycles. The van der Waals surface area contributed by atoms with E-state index in [0.717, 1.165) is 0 Å². The van der Waals surface area contributed by atoms with Crippen LogP contribution >= 0.6 is 0 Å². The van der Waals surface area contributed by atoms with Crippen LogP contribution in [0.15, 0.2) is 54.6 Å². The summed E-state index contributed by atoms with van der Waals surface area (Å²) in [4.78, 5) is 2.12. The van der Waals surface area contributed by atoms with Crippen molar-refractivity contribution in [3.8, 4) is 0 Å². The van der Waals surface area contributed by atoms with Crippen molar-refractivity contribution in [3.63, 3.8) is 0 Å². The van der Waals surface area contributed by atoms with E-state index in [1.54, 1.807) is 0 Å². The second-order valence-electron chi connectivity index (χ2n) is 6.91. The fourth-order valence-electron chi connectivity index (χ4n) is 3.36. The van der Waals surface area contributed by atoms with Gasteiger partial charge in [0, 0.05) is 37.5 Å². The fourth-order valence-corrected chi connectivity index (χ4v) is 3.36. The van der Waals surface area contributed by atoms with Gasteiger partial charge in [-0.05, 0) is 37.6 Å². The van der Waals surface area contributed by atoms with E-state index in [1.165, 1.54) is 28.2 Å². The van der Waals surface area contributed by atoms with Crippen LogP contribution in [-0.2, 0) is 5.41 Å². The van der Waals surface area contributed by atoms with Crippen molar-refractivity contribution in [3.05, 3.63) is 65.7 Å². The summed E-state index contributed by atoms with van der Waals surface area (Å²) in [6.07, 6.45) is 4.46. The Balaban J connectivity index is 0.00000208. The molecular formula is C21H25IN2. The predicted molar refractivity (Wildman–Crippen MR) is 100 cm³/mol. The molecule has 2 aromatic rings. The first kappa shape index (κ1) is 18.7. The second-order valence-corrected chi connectivity index (χ2v) is 6.91. The molecule has 1 aliphatic rings. The van der Waals surface area contributed by atoms with E-state index in [9.17, 15) is 0 Å². The number of hydrogen-bond acceptors (Lipinski definition) is 1. The number of rotatable bonds is 3. The highest BCUT2D eigenvalue weighted by molar-refractivity contribution is 6.05. The molecule has 2 nitrogen and oxygen atoms in total. The molecule has 0 spiro atoms. The molecule has 126 valence electrons. The molecule has 0 saturated carbocycles. The van der Waals surface area contributed by atoms with Crippen LogP contribution in [0.3, 0.4) is 0 Å². The number of nitrogens with zero attached hydrogens (tertiary/aromatic N) is 2. The maximum absolute atomic E-state index is 2.31. The van der Waals surface area contributed by atoms with Gasteiger partial charge in [0.1, 0.15) is 7.05 Å². The molecular weight excluding hydrogens is 407 g/mol. The van der Waals surface area contributed by atoms with Crippen molar-refractivity contribution >= 4 is 23.2 Å². The van der Waals surface area contributed by atoms with Crippen LogP contribution in [0.5, 0.6) is 0 Å². The third kappa shape index (κ3) is 3.27. The van der Waals surface area contributed by atoms with E-state index in [-0.39, 0.29) is 29.4 Å². The lowest BCUT2D eigenvalue weighted by molar-refractivity contribution is -0.401. The topological polar surface area (TPSA) is 6.25 Å². The summed E-state index contributed by atoms with van der Waals surface area (Å²) < 4.78 is 2.31. The van der Waals surface area contributed by atoms with Gasteiger partial charge in [-0.3, -0.25) is 0 Å². The average Bonchev–Trinajstić information content (AvgIpc) is 2.73. The van der Waals surface area contributed by atoms with Crippen molar-refractivity contribution in [1.82, 2.24) is 0 Å². The molecule has 0 aromatic heterocycles. The lowest BCUT2D eigenvalue weighted by atomic mass is 9.81. The maximum atomic E-state index is 2.31. The zero-order chi connectivity index (χ0) is 16.6. The number of benzene rings is 2. The van der Waals surface area contributed by atoms with Gasteiger partial charge in [-0.15, -0.1) is 0 Å². The van der Waals surface area contributed by atoms with E-state index < -0.39 is 0 Å². The molecule has 0 N–H and O–H groups in total. The Kier molecular flexibility index (Phi) is 5.53. The highest BCUT2D eigenvalue weighted by Gasteiger charge is 2.42. The Labute approximate surface area is 162 Å². The molecule has 0 fully saturated rings. The van der Waals surface area contributed by atoms with Crippen LogP contribution in [-0.4, -0.2) is 31.4 Å². The first-order valence-corrected chi connectivity index (χ1v) is 8.07. The van der Waals surface area contributed by atoms with Crippen molar-refractivity contribution in [2.24, 2.45) is 0 Å². The largest absolute Gasteiger partial charge is 1.00 e. The highest BCUT2D eigenvalue weighted by Crippen LogP contribution is 2.39. The SMILES string of the molecule is CN(C)c1ccc(/C=C/C2=[N+](C)c3ccccc3C2(C)C)cc1.[I-]. The number of fused-ring (bicyclic) bond motifs is 1. The minimum atomic E-state index is 0. The second kappa shape index (κ2) is 7.09. The quantitative estimate of drug-likeness (QED) is 0.526. The van der Waals surface area contributed by atoms with Gasteiger partial charge in [0.05, 0.1) is 5.41 Å². The Morgan fingerprint density at radius 3 is 2.12 bits per heavy atom. The van der Waals surface area contributed by atoms with Gasteiger partial charge in [-0.25, -0.2) is 0 Å². The Morgan fingerprint density at radius 1 is 0.917 bits per heavy atom. The monoisotopic (exact) mass is 432 g/mol. The third-order valence-electron chi connectivity index (χ3n) is 4.78. The summed E-state index contributed by atoms with van der Waals surface area (Å²) in [7, 11) is 6.28. The Hall–Kier alpha value is -1.62. The number of hydrogen-bond donors (Lipinski definition) is 0. The molecule has 3 rings (SSSR count). The molecule has 1 heterocycles. The van der Waals surface area contributed by atoms with Crippen LogP contribution in [0.1, 0.15) is 25.0 Å². The summed E-state index contributed by atoms with van der Waals surface area (Å²) in [6, 6.07) is 17.3. The van der Waals surface area contributed by atoms with Gasteiger partial charge >= 0.3 is 0 Å². The minimum absolute atomic E-state index is 0. The lowest BCUT2D eigenvalue weighted by Crippen LogP contribution is -3.00. The van der Waals surface area contributed by atoms with Crippen LogP contribution in [0.2, 0.25) is 0 Å². The maximum Gasteiger partial charge on any atom is 0.209 e. The molecule has 0 atom stereocenters. The molecule has 24 heavy (non-hydrogen) atoms. The molecule has 2 aromatic carbocycles. The minimum Gasteiger partial charge on any atom is -1.00 e. The zero-order valence-electron chi connectivity index (χ0n) is 15.0. The van der Waals surface area contributed by atoms with Crippen molar-refractivity contribution in [2.75, 3.05) is 26.0 Å². The Bertz CT molecular complexity index is 784. The zero-order valence-corrected chi connectivity index (χ0v) is 17.2. The fraction of sp³-hybridized carbons (Fsp3) is 0.286. The first-order valence-electron chi connectivity index (χ1n) is 8.07. The first-order chi connectivity index (χ1) is 10.9. The molecule has 0 bridgehead atoms. The molecule has 0 radical (unpaired) electrons. The average molecular weight is 432 g/mol. The molecule has 0 amide bonds. The van der Waals surface area contributed by atoms with Crippen LogP contribution in [0.25, 0.3) is 6.08 Å². The van der Waals surface area contributed by atoms with E-state index in [2.05, 4.69) is 105 Å². The summed E-state index contributed by atoms with van der Waals surface area (Å²) >= 11 is 0. The number of para-hydroxylation sites is 1. The molecule has 0 unspecified atom stereocenters. The predicted octanol–water partition coefficient (Wildman–Crippen LogP) is 1.48. The molecule has 0 aliphatic carbocycles. The summed E-state index contributed by atoms with van der Waals surface area (Å²) in [5.74, 6) is 0. The van der Waals surface area contributed by atoms with Gasteiger partial charge in [0.2, 0.25) is 5.69 Å². The Morgan fingerprint density at radius 2 is 1.54 bits per heavy atom. The molecule has 3 heteroatoms. The van der Waals surface area contributed by atoms with Gasteiger partial charge < -0.3 is 28.9 Å². The van der Waals surface area contributed by atoms with Crippen molar-refractivity contribution in [1.29, 1.82) is 0 Å².